The number of benzene rings is 1. The number of nitrogens with zero attached hydrogens (tertiary/aromatic N) is 1. The zero-order valence-electron chi connectivity index (χ0n) is 12.4. The molecule has 2 atom stereocenters. The van der Waals surface area contributed by atoms with Gasteiger partial charge in [-0.15, -0.1) is 0 Å². The summed E-state index contributed by atoms with van der Waals surface area (Å²) in [5, 5.41) is 0. The average Bonchev–Trinajstić information content (AvgIpc) is 2.44. The van der Waals surface area contributed by atoms with E-state index >= 15 is 0 Å². The predicted octanol–water partition coefficient (Wildman–Crippen LogP) is 2.05. The van der Waals surface area contributed by atoms with Gasteiger partial charge in [0.15, 0.2) is 0 Å². The summed E-state index contributed by atoms with van der Waals surface area (Å²) in [7, 11) is 3.40. The van der Waals surface area contributed by atoms with Gasteiger partial charge in [0.05, 0.1) is 13.7 Å². The van der Waals surface area contributed by atoms with Crippen LogP contribution in [-0.4, -0.2) is 44.9 Å². The molecule has 0 saturated carbocycles. The normalized spacial score (nSPS) is 14.4. The minimum atomic E-state index is -0.0598. The van der Waals surface area contributed by atoms with Crippen molar-refractivity contribution >= 4 is 0 Å². The van der Waals surface area contributed by atoms with Crippen LogP contribution in [-0.2, 0) is 4.74 Å². The van der Waals surface area contributed by atoms with Crippen molar-refractivity contribution < 1.29 is 9.47 Å². The zero-order valence-corrected chi connectivity index (χ0v) is 12.4. The summed E-state index contributed by atoms with van der Waals surface area (Å²) in [5.74, 6) is 0.852. The SMILES string of the molecule is CCN(CC(N)c1ccccc1OC)C(C)COC. The van der Waals surface area contributed by atoms with Crippen LogP contribution < -0.4 is 10.5 Å². The largest absolute Gasteiger partial charge is 0.496 e. The van der Waals surface area contributed by atoms with Crippen LogP contribution in [0, 0.1) is 0 Å². The van der Waals surface area contributed by atoms with Crippen molar-refractivity contribution in [3.63, 3.8) is 0 Å². The van der Waals surface area contributed by atoms with Crippen molar-refractivity contribution in [1.29, 1.82) is 0 Å². The maximum absolute atomic E-state index is 6.32. The molecule has 0 aliphatic rings. The van der Waals surface area contributed by atoms with E-state index in [-0.39, 0.29) is 6.04 Å². The molecule has 19 heavy (non-hydrogen) atoms. The van der Waals surface area contributed by atoms with E-state index in [0.717, 1.165) is 24.4 Å². The molecule has 0 heterocycles. The van der Waals surface area contributed by atoms with E-state index in [4.69, 9.17) is 15.2 Å². The number of ether oxygens (including phenoxy) is 2. The van der Waals surface area contributed by atoms with E-state index in [1.807, 2.05) is 24.3 Å². The summed E-state index contributed by atoms with van der Waals surface area (Å²) in [6, 6.07) is 8.22. The van der Waals surface area contributed by atoms with Crippen molar-refractivity contribution in [3.05, 3.63) is 29.8 Å². The molecule has 1 aromatic rings. The third-order valence-corrected chi connectivity index (χ3v) is 3.41. The fourth-order valence-electron chi connectivity index (χ4n) is 2.29. The highest BCUT2D eigenvalue weighted by Gasteiger charge is 2.18. The number of methoxy groups -OCH3 is 2. The van der Waals surface area contributed by atoms with Crippen molar-refractivity contribution in [3.8, 4) is 5.75 Å². The highest BCUT2D eigenvalue weighted by Crippen LogP contribution is 2.24. The molecule has 0 aliphatic heterocycles. The Kier molecular flexibility index (Phi) is 6.84. The molecule has 108 valence electrons. The number of likely N-dealkylation sites (N-methyl/N-ethyl adjacent to an activating group) is 1. The Morgan fingerprint density at radius 1 is 1.26 bits per heavy atom. The molecule has 0 radical (unpaired) electrons. The maximum atomic E-state index is 6.32. The highest BCUT2D eigenvalue weighted by atomic mass is 16.5. The Morgan fingerprint density at radius 3 is 2.53 bits per heavy atom. The van der Waals surface area contributed by atoms with Gasteiger partial charge in [-0.05, 0) is 19.5 Å². The maximum Gasteiger partial charge on any atom is 0.123 e. The first-order chi connectivity index (χ1) is 9.13. The molecule has 0 fully saturated rings. The van der Waals surface area contributed by atoms with E-state index in [1.165, 1.54) is 0 Å². The molecule has 0 saturated heterocycles. The van der Waals surface area contributed by atoms with Crippen LogP contribution in [0.25, 0.3) is 0 Å². The minimum absolute atomic E-state index is 0.0598. The summed E-state index contributed by atoms with van der Waals surface area (Å²) in [4.78, 5) is 2.32. The van der Waals surface area contributed by atoms with Crippen LogP contribution in [0.4, 0.5) is 0 Å². The fourth-order valence-corrected chi connectivity index (χ4v) is 2.29. The van der Waals surface area contributed by atoms with Crippen LogP contribution in [0.1, 0.15) is 25.5 Å². The minimum Gasteiger partial charge on any atom is -0.496 e. The Balaban J connectivity index is 2.73. The van der Waals surface area contributed by atoms with Gasteiger partial charge in [0.2, 0.25) is 0 Å². The predicted molar refractivity (Wildman–Crippen MR) is 78.5 cm³/mol. The molecule has 0 spiro atoms. The first-order valence-electron chi connectivity index (χ1n) is 6.75. The standard InChI is InChI=1S/C15H26N2O2/c1-5-17(12(2)11-18-3)10-14(16)13-8-6-7-9-15(13)19-4/h6-9,12,14H,5,10-11,16H2,1-4H3. The van der Waals surface area contributed by atoms with Crippen LogP contribution in [0.15, 0.2) is 24.3 Å². The number of hydrogen-bond acceptors (Lipinski definition) is 4. The summed E-state index contributed by atoms with van der Waals surface area (Å²) in [6.45, 7) is 6.75. The topological polar surface area (TPSA) is 47.7 Å². The molecule has 0 aromatic heterocycles. The number of hydrogen-bond donors (Lipinski definition) is 1. The van der Waals surface area contributed by atoms with Gasteiger partial charge in [-0.2, -0.15) is 0 Å². The molecule has 2 N–H and O–H groups in total. The third kappa shape index (κ3) is 4.49. The van der Waals surface area contributed by atoms with Gasteiger partial charge < -0.3 is 15.2 Å². The van der Waals surface area contributed by atoms with E-state index in [9.17, 15) is 0 Å². The molecule has 4 heteroatoms. The highest BCUT2D eigenvalue weighted by molar-refractivity contribution is 5.35. The second-order valence-electron chi connectivity index (χ2n) is 4.74. The lowest BCUT2D eigenvalue weighted by Gasteiger charge is -2.30. The Hall–Kier alpha value is -1.10. The van der Waals surface area contributed by atoms with Gasteiger partial charge in [0.25, 0.3) is 0 Å². The summed E-state index contributed by atoms with van der Waals surface area (Å²) in [6.07, 6.45) is 0. The van der Waals surface area contributed by atoms with E-state index in [0.29, 0.717) is 12.6 Å². The molecular weight excluding hydrogens is 240 g/mol. The van der Waals surface area contributed by atoms with E-state index < -0.39 is 0 Å². The summed E-state index contributed by atoms with van der Waals surface area (Å²) in [5.41, 5.74) is 7.37. The van der Waals surface area contributed by atoms with Crippen LogP contribution in [0.5, 0.6) is 5.75 Å². The molecule has 0 amide bonds. The van der Waals surface area contributed by atoms with Crippen LogP contribution in [0.2, 0.25) is 0 Å². The first kappa shape index (κ1) is 16.0. The van der Waals surface area contributed by atoms with Crippen molar-refractivity contribution in [2.24, 2.45) is 5.73 Å². The third-order valence-electron chi connectivity index (χ3n) is 3.41. The van der Waals surface area contributed by atoms with Crippen molar-refractivity contribution in [1.82, 2.24) is 4.90 Å². The van der Waals surface area contributed by atoms with Crippen molar-refractivity contribution in [2.45, 2.75) is 25.9 Å². The zero-order chi connectivity index (χ0) is 14.3. The van der Waals surface area contributed by atoms with Crippen LogP contribution >= 0.6 is 0 Å². The molecule has 0 aliphatic carbocycles. The van der Waals surface area contributed by atoms with Gasteiger partial charge in [0.1, 0.15) is 5.75 Å². The average molecular weight is 266 g/mol. The lowest BCUT2D eigenvalue weighted by molar-refractivity contribution is 0.0984. The van der Waals surface area contributed by atoms with Gasteiger partial charge >= 0.3 is 0 Å². The molecule has 0 bridgehead atoms. The Morgan fingerprint density at radius 2 is 1.95 bits per heavy atom. The van der Waals surface area contributed by atoms with Gasteiger partial charge in [-0.3, -0.25) is 4.90 Å². The molecule has 1 aromatic carbocycles. The molecule has 1 rings (SSSR count). The molecule has 2 unspecified atom stereocenters. The quantitative estimate of drug-likeness (QED) is 0.782. The second-order valence-corrected chi connectivity index (χ2v) is 4.74. The monoisotopic (exact) mass is 266 g/mol. The van der Waals surface area contributed by atoms with Gasteiger partial charge in [0, 0.05) is 31.3 Å². The second kappa shape index (κ2) is 8.15. The molecule has 4 nitrogen and oxygen atoms in total. The summed E-state index contributed by atoms with van der Waals surface area (Å²) < 4.78 is 10.6. The van der Waals surface area contributed by atoms with Gasteiger partial charge in [-0.1, -0.05) is 25.1 Å². The smallest absolute Gasteiger partial charge is 0.123 e. The Labute approximate surface area is 116 Å². The lowest BCUT2D eigenvalue weighted by Crippen LogP contribution is -2.40. The number of rotatable bonds is 8. The van der Waals surface area contributed by atoms with Crippen LogP contribution in [0.3, 0.4) is 0 Å². The number of para-hydroxylation sites is 1. The van der Waals surface area contributed by atoms with E-state index in [1.54, 1.807) is 14.2 Å². The number of nitrogens with two attached hydrogens (primary N) is 1. The van der Waals surface area contributed by atoms with Crippen molar-refractivity contribution in [2.75, 3.05) is 33.9 Å². The lowest BCUT2D eigenvalue weighted by atomic mass is 10.1. The Bertz CT molecular complexity index is 371. The molecular formula is C15H26N2O2. The first-order valence-corrected chi connectivity index (χ1v) is 6.75. The fraction of sp³-hybridized carbons (Fsp3) is 0.600. The summed E-state index contributed by atoms with van der Waals surface area (Å²) >= 11 is 0. The van der Waals surface area contributed by atoms with Gasteiger partial charge in [-0.25, -0.2) is 0 Å². The van der Waals surface area contributed by atoms with E-state index in [2.05, 4.69) is 18.7 Å².